The first kappa shape index (κ1) is 13.6. The molecule has 8 heteroatoms. The Bertz CT molecular complexity index is 334. The van der Waals surface area contributed by atoms with E-state index in [4.69, 9.17) is 22.6 Å². The Morgan fingerprint density at radius 2 is 2.31 bits per heavy atom. The van der Waals surface area contributed by atoms with Gasteiger partial charge in [0.1, 0.15) is 6.35 Å². The van der Waals surface area contributed by atoms with Crippen molar-refractivity contribution in [3.8, 4) is 0 Å². The summed E-state index contributed by atoms with van der Waals surface area (Å²) in [5.74, 6) is -0.0284. The normalized spacial score (nSPS) is 33.0. The molecule has 0 bridgehead atoms. The van der Waals surface area contributed by atoms with E-state index in [1.54, 1.807) is 0 Å². The number of rotatable bonds is 5. The lowest BCUT2D eigenvalue weighted by Crippen LogP contribution is -2.21. The molecule has 1 fully saturated rings. The summed E-state index contributed by atoms with van der Waals surface area (Å²) in [4.78, 5) is 2.76. The van der Waals surface area contributed by atoms with Crippen LogP contribution in [0.5, 0.6) is 0 Å². The molecule has 0 aromatic heterocycles. The average Bonchev–Trinajstić information content (AvgIpc) is 2.57. The number of hydrogen-bond acceptors (Lipinski definition) is 4. The van der Waals surface area contributed by atoms with Gasteiger partial charge in [-0.15, -0.1) is 0 Å². The third kappa shape index (κ3) is 3.83. The van der Waals surface area contributed by atoms with Gasteiger partial charge in [0.15, 0.2) is 0 Å². The number of nitrogens with zero attached hydrogens (tertiary/aromatic N) is 3. The molecule has 1 saturated carbocycles. The first-order valence-corrected chi connectivity index (χ1v) is 7.28. The molecular formula is C8H15BN3O3P. The Hall–Kier alpha value is -0.475. The molecule has 0 amide bonds. The predicted molar refractivity (Wildman–Crippen MR) is 62.0 cm³/mol. The Labute approximate surface area is 96.2 Å². The van der Waals surface area contributed by atoms with E-state index in [1.807, 2.05) is 0 Å². The van der Waals surface area contributed by atoms with Gasteiger partial charge in [-0.3, -0.25) is 4.57 Å². The molecule has 4 unspecified atom stereocenters. The molecule has 0 aromatic rings. The van der Waals surface area contributed by atoms with Crippen molar-refractivity contribution in [3.63, 3.8) is 0 Å². The van der Waals surface area contributed by atoms with Crippen molar-refractivity contribution in [2.75, 3.05) is 20.1 Å². The van der Waals surface area contributed by atoms with Gasteiger partial charge in [-0.05, 0) is 18.4 Å². The summed E-state index contributed by atoms with van der Waals surface area (Å²) < 4.78 is 21.9. The van der Waals surface area contributed by atoms with Crippen LogP contribution in [-0.4, -0.2) is 40.1 Å². The Kier molecular flexibility index (Phi) is 4.87. The summed E-state index contributed by atoms with van der Waals surface area (Å²) in [6, 6.07) is -0.267. The molecule has 0 N–H and O–H groups in total. The minimum Gasteiger partial charge on any atom is -0.368 e. The molecule has 2 radical (unpaired) electrons. The smallest absolute Gasteiger partial charge is 0.224 e. The van der Waals surface area contributed by atoms with Gasteiger partial charge in [-0.2, -0.15) is 0 Å². The van der Waals surface area contributed by atoms with Gasteiger partial charge < -0.3 is 9.26 Å². The van der Waals surface area contributed by atoms with Crippen LogP contribution >= 0.6 is 7.37 Å². The quantitative estimate of drug-likeness (QED) is 0.244. The highest BCUT2D eigenvalue weighted by Gasteiger charge is 2.33. The van der Waals surface area contributed by atoms with E-state index in [2.05, 4.69) is 10.0 Å². The van der Waals surface area contributed by atoms with Crippen molar-refractivity contribution >= 4 is 15.2 Å². The fourth-order valence-corrected chi connectivity index (χ4v) is 2.23. The lowest BCUT2D eigenvalue weighted by molar-refractivity contribution is 0.0745. The maximum Gasteiger partial charge on any atom is 0.224 e. The largest absolute Gasteiger partial charge is 0.368 e. The molecule has 0 aliphatic heterocycles. The van der Waals surface area contributed by atoms with Gasteiger partial charge in [-0.25, -0.2) is 0 Å². The third-order valence-electron chi connectivity index (χ3n) is 2.62. The summed E-state index contributed by atoms with van der Waals surface area (Å²) >= 11 is 0. The zero-order chi connectivity index (χ0) is 12.2. The molecule has 1 rings (SSSR count). The van der Waals surface area contributed by atoms with Crippen LogP contribution in [0.3, 0.4) is 0 Å². The van der Waals surface area contributed by atoms with Gasteiger partial charge in [0.25, 0.3) is 0 Å². The molecule has 0 heterocycles. The van der Waals surface area contributed by atoms with Gasteiger partial charge in [-0.1, -0.05) is 10.9 Å². The zero-order valence-corrected chi connectivity index (χ0v) is 10.3. The first-order chi connectivity index (χ1) is 7.48. The molecule has 88 valence electrons. The lowest BCUT2D eigenvalue weighted by Gasteiger charge is -2.18. The van der Waals surface area contributed by atoms with Crippen molar-refractivity contribution in [3.05, 3.63) is 10.4 Å². The van der Waals surface area contributed by atoms with Crippen LogP contribution in [0.1, 0.15) is 12.8 Å². The van der Waals surface area contributed by atoms with Crippen molar-refractivity contribution < 1.29 is 13.8 Å². The second-order valence-corrected chi connectivity index (χ2v) is 6.69. The van der Waals surface area contributed by atoms with E-state index in [1.165, 1.54) is 13.8 Å². The van der Waals surface area contributed by atoms with Crippen molar-refractivity contribution in [2.24, 2.45) is 5.11 Å². The van der Waals surface area contributed by atoms with Crippen molar-refractivity contribution in [1.82, 2.24) is 0 Å². The molecule has 0 aromatic carbocycles. The maximum atomic E-state index is 11.6. The van der Waals surface area contributed by atoms with Crippen LogP contribution in [0.2, 0.25) is 5.82 Å². The summed E-state index contributed by atoms with van der Waals surface area (Å²) in [5, 5.41) is 3.63. The molecular weight excluding hydrogens is 228 g/mol. The molecule has 6 nitrogen and oxygen atoms in total. The minimum atomic E-state index is -2.69. The molecule has 0 spiro atoms. The van der Waals surface area contributed by atoms with Crippen molar-refractivity contribution in [2.45, 2.75) is 30.8 Å². The second kappa shape index (κ2) is 5.73. The van der Waals surface area contributed by atoms with E-state index in [0.717, 1.165) is 0 Å². The molecule has 1 aliphatic rings. The van der Waals surface area contributed by atoms with E-state index in [-0.39, 0.29) is 24.3 Å². The highest BCUT2D eigenvalue weighted by atomic mass is 31.2. The fourth-order valence-electron chi connectivity index (χ4n) is 1.66. The number of hydrogen-bond donors (Lipinski definition) is 0. The highest BCUT2D eigenvalue weighted by molar-refractivity contribution is 7.57. The monoisotopic (exact) mass is 243 g/mol. The fraction of sp³-hybridized carbons (Fsp3) is 1.00. The number of ether oxygens (including phenoxy) is 1. The third-order valence-corrected chi connectivity index (χ3v) is 4.01. The molecule has 4 atom stereocenters. The van der Waals surface area contributed by atoms with Crippen molar-refractivity contribution in [1.29, 1.82) is 0 Å². The predicted octanol–water partition coefficient (Wildman–Crippen LogP) is 2.31. The van der Waals surface area contributed by atoms with Gasteiger partial charge in [0.05, 0.1) is 20.0 Å². The SMILES string of the molecule is [B]C1CC(N=[N+]=[N-])C(OCP(C)(=O)OC)C1. The highest BCUT2D eigenvalue weighted by Crippen LogP contribution is 2.43. The molecule has 16 heavy (non-hydrogen) atoms. The Morgan fingerprint density at radius 3 is 2.88 bits per heavy atom. The zero-order valence-electron chi connectivity index (χ0n) is 9.44. The van der Waals surface area contributed by atoms with Crippen LogP contribution < -0.4 is 0 Å². The van der Waals surface area contributed by atoms with Crippen LogP contribution in [0, 0.1) is 0 Å². The lowest BCUT2D eigenvalue weighted by atomic mass is 9.86. The Balaban J connectivity index is 2.52. The standard InChI is InChI=1S/C8H15BN3O3P/c1-14-16(2,13)5-15-8-4-6(9)3-7(8)11-12-10/h6-8H,3-5H2,1-2H3. The summed E-state index contributed by atoms with van der Waals surface area (Å²) in [7, 11) is 4.45. The number of azide groups is 1. The summed E-state index contributed by atoms with van der Waals surface area (Å²) in [5.41, 5.74) is 8.39. The van der Waals surface area contributed by atoms with E-state index in [9.17, 15) is 4.57 Å². The summed E-state index contributed by atoms with van der Waals surface area (Å²) in [6.45, 7) is 1.50. The topological polar surface area (TPSA) is 84.3 Å². The van der Waals surface area contributed by atoms with Crippen LogP contribution in [-0.2, 0) is 13.8 Å². The van der Waals surface area contributed by atoms with Gasteiger partial charge >= 0.3 is 0 Å². The van der Waals surface area contributed by atoms with Crippen LogP contribution in [0.4, 0.5) is 0 Å². The van der Waals surface area contributed by atoms with Crippen LogP contribution in [0.15, 0.2) is 5.11 Å². The van der Waals surface area contributed by atoms with Crippen LogP contribution in [0.25, 0.3) is 10.4 Å². The van der Waals surface area contributed by atoms with Gasteiger partial charge in [0, 0.05) is 18.7 Å². The van der Waals surface area contributed by atoms with E-state index >= 15 is 0 Å². The van der Waals surface area contributed by atoms with E-state index in [0.29, 0.717) is 12.8 Å². The first-order valence-electron chi connectivity index (χ1n) is 5.02. The minimum absolute atomic E-state index is 0.0261. The van der Waals surface area contributed by atoms with E-state index < -0.39 is 7.37 Å². The Morgan fingerprint density at radius 1 is 1.62 bits per heavy atom. The molecule has 1 aliphatic carbocycles. The second-order valence-electron chi connectivity index (χ2n) is 4.03. The maximum absolute atomic E-state index is 11.6. The molecule has 0 saturated heterocycles. The average molecular weight is 243 g/mol. The van der Waals surface area contributed by atoms with Gasteiger partial charge in [0.2, 0.25) is 7.37 Å². The summed E-state index contributed by atoms with van der Waals surface area (Å²) in [6.07, 6.45) is 0.996.